The van der Waals surface area contributed by atoms with Gasteiger partial charge in [-0.05, 0) is 44.2 Å². The standard InChI is InChI=1S/C11H24ClN/c1-10(2)5-4-8-13-9-11(3)6-7-12/h10-11,13H,4-9H2,1-3H3. The van der Waals surface area contributed by atoms with E-state index < -0.39 is 0 Å². The first kappa shape index (κ1) is 13.2. The van der Waals surface area contributed by atoms with Crippen molar-refractivity contribution in [3.8, 4) is 0 Å². The maximum absolute atomic E-state index is 5.65. The summed E-state index contributed by atoms with van der Waals surface area (Å²) in [7, 11) is 0. The Balaban J connectivity index is 3.06. The van der Waals surface area contributed by atoms with Gasteiger partial charge in [0.2, 0.25) is 0 Å². The first-order valence-corrected chi connectivity index (χ1v) is 5.97. The summed E-state index contributed by atoms with van der Waals surface area (Å²) in [6.45, 7) is 9.07. The number of halogens is 1. The van der Waals surface area contributed by atoms with Gasteiger partial charge in [0.25, 0.3) is 0 Å². The van der Waals surface area contributed by atoms with Crippen molar-refractivity contribution in [1.29, 1.82) is 0 Å². The van der Waals surface area contributed by atoms with Gasteiger partial charge in [-0.2, -0.15) is 0 Å². The molecule has 0 radical (unpaired) electrons. The molecule has 0 saturated carbocycles. The molecule has 1 atom stereocenters. The first-order valence-electron chi connectivity index (χ1n) is 5.43. The van der Waals surface area contributed by atoms with Crippen molar-refractivity contribution in [3.63, 3.8) is 0 Å². The SMILES string of the molecule is CC(C)CCCNCC(C)CCCl. The Morgan fingerprint density at radius 3 is 2.38 bits per heavy atom. The van der Waals surface area contributed by atoms with E-state index in [2.05, 4.69) is 26.1 Å². The van der Waals surface area contributed by atoms with Crippen LogP contribution in [0.4, 0.5) is 0 Å². The lowest BCUT2D eigenvalue weighted by Gasteiger charge is -2.11. The summed E-state index contributed by atoms with van der Waals surface area (Å²) < 4.78 is 0. The number of alkyl halides is 1. The minimum Gasteiger partial charge on any atom is -0.316 e. The van der Waals surface area contributed by atoms with Crippen LogP contribution in [0.3, 0.4) is 0 Å². The zero-order chi connectivity index (χ0) is 10.1. The molecule has 0 aliphatic rings. The van der Waals surface area contributed by atoms with Gasteiger partial charge in [0, 0.05) is 5.88 Å². The molecule has 0 aromatic heterocycles. The van der Waals surface area contributed by atoms with Crippen molar-refractivity contribution in [1.82, 2.24) is 5.32 Å². The van der Waals surface area contributed by atoms with Gasteiger partial charge in [0.1, 0.15) is 0 Å². The van der Waals surface area contributed by atoms with Gasteiger partial charge in [-0.15, -0.1) is 11.6 Å². The monoisotopic (exact) mass is 205 g/mol. The van der Waals surface area contributed by atoms with Crippen LogP contribution < -0.4 is 5.32 Å². The van der Waals surface area contributed by atoms with E-state index in [0.717, 1.165) is 37.2 Å². The summed E-state index contributed by atoms with van der Waals surface area (Å²) in [5, 5.41) is 3.47. The van der Waals surface area contributed by atoms with Crippen LogP contribution in [0.15, 0.2) is 0 Å². The third kappa shape index (κ3) is 10.2. The van der Waals surface area contributed by atoms with Crippen LogP contribution in [0, 0.1) is 11.8 Å². The molecule has 80 valence electrons. The van der Waals surface area contributed by atoms with Gasteiger partial charge in [0.05, 0.1) is 0 Å². The predicted octanol–water partition coefficient (Wildman–Crippen LogP) is 3.28. The molecule has 0 heterocycles. The van der Waals surface area contributed by atoms with Gasteiger partial charge >= 0.3 is 0 Å². The molecule has 0 bridgehead atoms. The Morgan fingerprint density at radius 1 is 1.15 bits per heavy atom. The molecule has 0 fully saturated rings. The molecular formula is C11H24ClN. The Labute approximate surface area is 88.2 Å². The van der Waals surface area contributed by atoms with Crippen molar-refractivity contribution in [2.75, 3.05) is 19.0 Å². The first-order chi connectivity index (χ1) is 6.16. The lowest BCUT2D eigenvalue weighted by Crippen LogP contribution is -2.22. The highest BCUT2D eigenvalue weighted by atomic mass is 35.5. The maximum atomic E-state index is 5.65. The lowest BCUT2D eigenvalue weighted by atomic mass is 10.1. The molecule has 0 aromatic rings. The van der Waals surface area contributed by atoms with Crippen molar-refractivity contribution in [2.45, 2.75) is 40.0 Å². The molecular weight excluding hydrogens is 182 g/mol. The van der Waals surface area contributed by atoms with E-state index in [9.17, 15) is 0 Å². The molecule has 0 amide bonds. The zero-order valence-corrected chi connectivity index (χ0v) is 10.0. The number of hydrogen-bond acceptors (Lipinski definition) is 1. The Hall–Kier alpha value is 0.250. The number of rotatable bonds is 8. The molecule has 2 heteroatoms. The highest BCUT2D eigenvalue weighted by molar-refractivity contribution is 6.17. The Kier molecular flexibility index (Phi) is 9.00. The normalized spacial score (nSPS) is 13.6. The average molecular weight is 206 g/mol. The van der Waals surface area contributed by atoms with Crippen molar-refractivity contribution < 1.29 is 0 Å². The molecule has 0 saturated heterocycles. The second-order valence-electron chi connectivity index (χ2n) is 4.32. The highest BCUT2D eigenvalue weighted by Gasteiger charge is 1.99. The Morgan fingerprint density at radius 2 is 1.85 bits per heavy atom. The van der Waals surface area contributed by atoms with Gasteiger partial charge in [0.15, 0.2) is 0 Å². The van der Waals surface area contributed by atoms with E-state index in [4.69, 9.17) is 11.6 Å². The summed E-state index contributed by atoms with van der Waals surface area (Å²) >= 11 is 5.65. The Bertz CT molecular complexity index is 104. The molecule has 0 aliphatic heterocycles. The molecule has 0 spiro atoms. The largest absolute Gasteiger partial charge is 0.316 e. The number of hydrogen-bond donors (Lipinski definition) is 1. The van der Waals surface area contributed by atoms with E-state index >= 15 is 0 Å². The maximum Gasteiger partial charge on any atom is 0.0226 e. The highest BCUT2D eigenvalue weighted by Crippen LogP contribution is 2.03. The third-order valence-electron chi connectivity index (χ3n) is 2.23. The predicted molar refractivity (Wildman–Crippen MR) is 61.4 cm³/mol. The van der Waals surface area contributed by atoms with Crippen molar-refractivity contribution in [2.24, 2.45) is 11.8 Å². The fourth-order valence-corrected chi connectivity index (χ4v) is 1.64. The van der Waals surface area contributed by atoms with E-state index in [1.807, 2.05) is 0 Å². The minimum absolute atomic E-state index is 0.719. The quantitative estimate of drug-likeness (QED) is 0.474. The second kappa shape index (κ2) is 8.83. The van der Waals surface area contributed by atoms with Crippen LogP contribution in [0.25, 0.3) is 0 Å². The van der Waals surface area contributed by atoms with Gasteiger partial charge in [-0.25, -0.2) is 0 Å². The van der Waals surface area contributed by atoms with Gasteiger partial charge in [-0.3, -0.25) is 0 Å². The van der Waals surface area contributed by atoms with Crippen LogP contribution >= 0.6 is 11.6 Å². The van der Waals surface area contributed by atoms with Crippen molar-refractivity contribution >= 4 is 11.6 Å². The average Bonchev–Trinajstić information content (AvgIpc) is 2.03. The smallest absolute Gasteiger partial charge is 0.0226 e. The van der Waals surface area contributed by atoms with Crippen LogP contribution in [-0.4, -0.2) is 19.0 Å². The summed E-state index contributed by atoms with van der Waals surface area (Å²) in [5.74, 6) is 2.34. The third-order valence-corrected chi connectivity index (χ3v) is 2.45. The number of nitrogens with one attached hydrogen (secondary N) is 1. The van der Waals surface area contributed by atoms with Gasteiger partial charge in [-0.1, -0.05) is 20.8 Å². The van der Waals surface area contributed by atoms with Crippen LogP contribution in [0.5, 0.6) is 0 Å². The van der Waals surface area contributed by atoms with E-state index in [1.165, 1.54) is 12.8 Å². The molecule has 0 rings (SSSR count). The van der Waals surface area contributed by atoms with Crippen LogP contribution in [-0.2, 0) is 0 Å². The molecule has 1 N–H and O–H groups in total. The molecule has 13 heavy (non-hydrogen) atoms. The van der Waals surface area contributed by atoms with E-state index in [-0.39, 0.29) is 0 Å². The fourth-order valence-electron chi connectivity index (χ4n) is 1.27. The van der Waals surface area contributed by atoms with Crippen LogP contribution in [0.1, 0.15) is 40.0 Å². The summed E-state index contributed by atoms with van der Waals surface area (Å²) in [4.78, 5) is 0. The minimum atomic E-state index is 0.719. The van der Waals surface area contributed by atoms with E-state index in [0.29, 0.717) is 0 Å². The lowest BCUT2D eigenvalue weighted by molar-refractivity contribution is 0.474. The zero-order valence-electron chi connectivity index (χ0n) is 9.28. The van der Waals surface area contributed by atoms with Crippen LogP contribution in [0.2, 0.25) is 0 Å². The van der Waals surface area contributed by atoms with Gasteiger partial charge < -0.3 is 5.32 Å². The topological polar surface area (TPSA) is 12.0 Å². The second-order valence-corrected chi connectivity index (χ2v) is 4.70. The summed E-state index contributed by atoms with van der Waals surface area (Å²) in [6.07, 6.45) is 3.75. The van der Waals surface area contributed by atoms with Crippen molar-refractivity contribution in [3.05, 3.63) is 0 Å². The van der Waals surface area contributed by atoms with E-state index in [1.54, 1.807) is 0 Å². The summed E-state index contributed by atoms with van der Waals surface area (Å²) in [5.41, 5.74) is 0. The molecule has 0 aromatic carbocycles. The fraction of sp³-hybridized carbons (Fsp3) is 1.00. The summed E-state index contributed by atoms with van der Waals surface area (Å²) in [6, 6.07) is 0. The molecule has 0 aliphatic carbocycles. The molecule has 1 nitrogen and oxygen atoms in total. The molecule has 1 unspecified atom stereocenters.